The van der Waals surface area contributed by atoms with Gasteiger partial charge in [0.15, 0.2) is 10.9 Å². The third-order valence-electron chi connectivity index (χ3n) is 13.7. The molecule has 2 saturated carbocycles. The van der Waals surface area contributed by atoms with Crippen molar-refractivity contribution in [2.24, 2.45) is 10.8 Å². The molecule has 6 aromatic rings. The number of methoxy groups -OCH3 is 2. The predicted octanol–water partition coefficient (Wildman–Crippen LogP) is 7.79. The standard InChI is InChI=1S/2C24H27N3O5/c2*1-24(2)9-8-16-22(24)26-13-15(23(29)30)18(28)12-17(26)21-14-6-4-7-19(20(14)25-27(16)21)32-11-5-10-31-3/h2*4,6-7,12-13,16,22H,5,8-11H2,1-3H3,(H,29,30)/t2*16-,22-/m10/s1. The first kappa shape index (κ1) is 43.0. The first-order chi connectivity index (χ1) is 30.7. The van der Waals surface area contributed by atoms with Gasteiger partial charge in [-0.2, -0.15) is 10.2 Å². The molecule has 0 amide bonds. The number of nitrogens with zero attached hydrogens (tertiary/aromatic N) is 6. The molecule has 10 rings (SSSR count). The summed E-state index contributed by atoms with van der Waals surface area (Å²) in [6.07, 6.45) is 8.41. The quantitative estimate of drug-likeness (QED) is 0.114. The average Bonchev–Trinajstić information content (AvgIpc) is 4.01. The van der Waals surface area contributed by atoms with Gasteiger partial charge < -0.3 is 38.3 Å². The number of hydrogen-bond acceptors (Lipinski definition) is 10. The monoisotopic (exact) mass is 874 g/mol. The number of carbonyl (C=O) groups is 2. The third-order valence-corrected chi connectivity index (χ3v) is 13.7. The van der Waals surface area contributed by atoms with Crippen LogP contribution in [-0.4, -0.2) is 91.5 Å². The molecule has 6 heterocycles. The van der Waals surface area contributed by atoms with Gasteiger partial charge in [0, 0.05) is 75.6 Å². The molecular formula is C48H54N6O10. The van der Waals surface area contributed by atoms with Crippen molar-refractivity contribution in [3.63, 3.8) is 0 Å². The predicted molar refractivity (Wildman–Crippen MR) is 239 cm³/mol. The van der Waals surface area contributed by atoms with Crippen LogP contribution in [-0.2, 0) is 9.47 Å². The van der Waals surface area contributed by atoms with E-state index in [9.17, 15) is 29.4 Å². The van der Waals surface area contributed by atoms with Crippen molar-refractivity contribution in [2.45, 2.75) is 90.4 Å². The molecule has 2 fully saturated rings. The highest BCUT2D eigenvalue weighted by molar-refractivity contribution is 5.98. The molecule has 16 nitrogen and oxygen atoms in total. The lowest BCUT2D eigenvalue weighted by molar-refractivity contribution is 0.0682. The van der Waals surface area contributed by atoms with Crippen molar-refractivity contribution >= 4 is 33.7 Å². The molecule has 64 heavy (non-hydrogen) atoms. The van der Waals surface area contributed by atoms with E-state index in [4.69, 9.17) is 29.1 Å². The summed E-state index contributed by atoms with van der Waals surface area (Å²) in [4.78, 5) is 48.7. The van der Waals surface area contributed by atoms with Crippen molar-refractivity contribution in [3.05, 3.63) is 92.5 Å². The summed E-state index contributed by atoms with van der Waals surface area (Å²) in [6.45, 7) is 11.1. The van der Waals surface area contributed by atoms with E-state index in [-0.39, 0.29) is 46.1 Å². The molecule has 2 aliphatic carbocycles. The number of carboxylic acid groups (broad SMARTS) is 2. The summed E-state index contributed by atoms with van der Waals surface area (Å²) in [5.74, 6) is -1.00. The summed E-state index contributed by atoms with van der Waals surface area (Å²) >= 11 is 0. The Labute approximate surface area is 368 Å². The SMILES string of the molecule is COCCCOc1cccc2c3n(nc12)[C@@H]1CCC(C)(C)[C@@H]1n1cc(C(=O)O)c(=O)cc1-3.COCCCOc1cccc2c3n(nc12)[C@H]1CCC(C)(C)[C@H]1n1cc(C(=O)O)c(=O)cc1-3. The van der Waals surface area contributed by atoms with E-state index in [0.29, 0.717) is 49.3 Å². The van der Waals surface area contributed by atoms with Gasteiger partial charge in [0.2, 0.25) is 0 Å². The number of aromatic nitrogens is 6. The van der Waals surface area contributed by atoms with Crippen LogP contribution in [0.25, 0.3) is 44.6 Å². The number of fused-ring (bicyclic) bond motifs is 16. The fourth-order valence-electron chi connectivity index (χ4n) is 10.8. The molecule has 0 unspecified atom stereocenters. The molecule has 336 valence electrons. The molecule has 4 atom stereocenters. The third kappa shape index (κ3) is 7.07. The van der Waals surface area contributed by atoms with Crippen molar-refractivity contribution in [1.29, 1.82) is 0 Å². The van der Waals surface area contributed by atoms with Crippen LogP contribution in [0.1, 0.15) is 111 Å². The highest BCUT2D eigenvalue weighted by Crippen LogP contribution is 2.58. The topological polar surface area (TPSA) is 191 Å². The van der Waals surface area contributed by atoms with Gasteiger partial charge in [0.25, 0.3) is 0 Å². The highest BCUT2D eigenvalue weighted by Gasteiger charge is 2.50. The lowest BCUT2D eigenvalue weighted by Gasteiger charge is -2.39. The van der Waals surface area contributed by atoms with Gasteiger partial charge >= 0.3 is 11.9 Å². The normalized spacial score (nSPS) is 20.6. The molecule has 0 bridgehead atoms. The molecule has 2 aromatic carbocycles. The number of rotatable bonds is 12. The van der Waals surface area contributed by atoms with Gasteiger partial charge in [-0.25, -0.2) is 9.59 Å². The van der Waals surface area contributed by atoms with Crippen LogP contribution in [0.3, 0.4) is 0 Å². The molecule has 16 heteroatoms. The number of aromatic carboxylic acids is 2. The van der Waals surface area contributed by atoms with Crippen molar-refractivity contribution in [3.8, 4) is 34.3 Å². The molecule has 0 saturated heterocycles. The molecule has 0 spiro atoms. The van der Waals surface area contributed by atoms with Gasteiger partial charge in [-0.3, -0.25) is 19.0 Å². The summed E-state index contributed by atoms with van der Waals surface area (Å²) < 4.78 is 30.3. The van der Waals surface area contributed by atoms with Crippen LogP contribution in [0.4, 0.5) is 0 Å². The number of pyridine rings is 2. The van der Waals surface area contributed by atoms with Crippen molar-refractivity contribution in [2.75, 3.05) is 40.6 Å². The summed E-state index contributed by atoms with van der Waals surface area (Å²) in [5, 5.41) is 30.9. The summed E-state index contributed by atoms with van der Waals surface area (Å²) in [7, 11) is 3.33. The molecule has 4 aliphatic rings. The summed E-state index contributed by atoms with van der Waals surface area (Å²) in [6, 6.07) is 14.7. The van der Waals surface area contributed by atoms with Crippen LogP contribution >= 0.6 is 0 Å². The highest BCUT2D eigenvalue weighted by atomic mass is 16.5. The Hall–Kier alpha value is -6.26. The fraction of sp³-hybridized carbons (Fsp3) is 0.458. The minimum Gasteiger partial charge on any atom is -0.491 e. The maximum Gasteiger partial charge on any atom is 0.341 e. The fourth-order valence-corrected chi connectivity index (χ4v) is 10.8. The second-order valence-electron chi connectivity index (χ2n) is 18.7. The van der Waals surface area contributed by atoms with Crippen LogP contribution in [0.15, 0.2) is 70.5 Å². The first-order valence-electron chi connectivity index (χ1n) is 21.9. The van der Waals surface area contributed by atoms with E-state index >= 15 is 0 Å². The van der Waals surface area contributed by atoms with Crippen LogP contribution < -0.4 is 20.3 Å². The van der Waals surface area contributed by atoms with Crippen molar-refractivity contribution < 1.29 is 38.7 Å². The number of benzene rings is 2. The number of hydrogen-bond donors (Lipinski definition) is 2. The van der Waals surface area contributed by atoms with Crippen molar-refractivity contribution in [1.82, 2.24) is 28.7 Å². The van der Waals surface area contributed by atoms with Gasteiger partial charge in [0.1, 0.15) is 33.7 Å². The molecule has 2 N–H and O–H groups in total. The van der Waals surface area contributed by atoms with Gasteiger partial charge in [-0.05, 0) is 48.6 Å². The lowest BCUT2D eigenvalue weighted by atomic mass is 9.84. The smallest absolute Gasteiger partial charge is 0.341 e. The maximum absolute atomic E-state index is 12.7. The average molecular weight is 875 g/mol. The van der Waals surface area contributed by atoms with E-state index in [0.717, 1.165) is 71.7 Å². The second kappa shape index (κ2) is 16.4. The minimum absolute atomic E-state index is 0.00378. The Kier molecular flexibility index (Phi) is 11.0. The Morgan fingerprint density at radius 3 is 1.44 bits per heavy atom. The van der Waals surface area contributed by atoms with Gasteiger partial charge in [0.05, 0.1) is 60.2 Å². The van der Waals surface area contributed by atoms with E-state index < -0.39 is 22.8 Å². The van der Waals surface area contributed by atoms with E-state index in [1.54, 1.807) is 14.2 Å². The Balaban J connectivity index is 0.000000162. The molecule has 0 radical (unpaired) electrons. The Bertz CT molecular complexity index is 2740. The maximum atomic E-state index is 12.7. The largest absolute Gasteiger partial charge is 0.491 e. The van der Waals surface area contributed by atoms with Crippen LogP contribution in [0.5, 0.6) is 11.5 Å². The summed E-state index contributed by atoms with van der Waals surface area (Å²) in [5.41, 5.74) is 3.08. The van der Waals surface area contributed by atoms with Gasteiger partial charge in [-0.1, -0.05) is 52.0 Å². The Morgan fingerprint density at radius 2 is 1.06 bits per heavy atom. The van der Waals surface area contributed by atoms with Crippen LogP contribution in [0, 0.1) is 10.8 Å². The Morgan fingerprint density at radius 1 is 0.656 bits per heavy atom. The number of ether oxygens (including phenoxy) is 4. The molecule has 4 aromatic heterocycles. The minimum atomic E-state index is -1.20. The lowest BCUT2D eigenvalue weighted by Crippen LogP contribution is -2.35. The van der Waals surface area contributed by atoms with Gasteiger partial charge in [-0.15, -0.1) is 0 Å². The van der Waals surface area contributed by atoms with Crippen LogP contribution in [0.2, 0.25) is 0 Å². The molecule has 2 aliphatic heterocycles. The molecular weight excluding hydrogens is 821 g/mol. The zero-order valence-corrected chi connectivity index (χ0v) is 37.0. The number of carboxylic acids is 2. The zero-order valence-electron chi connectivity index (χ0n) is 37.0. The second-order valence-corrected chi connectivity index (χ2v) is 18.7. The van der Waals surface area contributed by atoms with E-state index in [2.05, 4.69) is 27.7 Å². The first-order valence-corrected chi connectivity index (χ1v) is 21.9. The zero-order chi connectivity index (χ0) is 45.2. The van der Waals surface area contributed by atoms with E-state index in [1.807, 2.05) is 54.9 Å². The van der Waals surface area contributed by atoms with E-state index in [1.165, 1.54) is 24.5 Å².